The summed E-state index contributed by atoms with van der Waals surface area (Å²) in [6.45, 7) is 7.12. The van der Waals surface area contributed by atoms with Gasteiger partial charge in [0.25, 0.3) is 0 Å². The molecule has 2 nitrogen and oxygen atoms in total. The molecule has 13 heavy (non-hydrogen) atoms. The Kier molecular flexibility index (Phi) is 3.74. The first-order valence-corrected chi connectivity index (χ1v) is 5.52. The maximum Gasteiger partial charge on any atom is 0.0835 e. The van der Waals surface area contributed by atoms with Crippen molar-refractivity contribution < 1.29 is 4.74 Å². The van der Waals surface area contributed by atoms with E-state index in [9.17, 15) is 0 Å². The second-order valence-electron chi connectivity index (χ2n) is 4.43. The van der Waals surface area contributed by atoms with E-state index in [1.807, 2.05) is 0 Å². The van der Waals surface area contributed by atoms with Gasteiger partial charge in [0.2, 0.25) is 0 Å². The van der Waals surface area contributed by atoms with Crippen LogP contribution in [0.1, 0.15) is 46.5 Å². The topological polar surface area (TPSA) is 35.2 Å². The van der Waals surface area contributed by atoms with Gasteiger partial charge in [-0.2, -0.15) is 0 Å². The maximum atomic E-state index is 6.03. The maximum absolute atomic E-state index is 6.03. The summed E-state index contributed by atoms with van der Waals surface area (Å²) >= 11 is 0. The van der Waals surface area contributed by atoms with E-state index in [0.717, 1.165) is 6.42 Å². The largest absolute Gasteiger partial charge is 0.371 e. The Morgan fingerprint density at radius 3 is 2.69 bits per heavy atom. The van der Waals surface area contributed by atoms with Gasteiger partial charge >= 0.3 is 0 Å². The number of nitrogens with two attached hydrogens (primary N) is 1. The summed E-state index contributed by atoms with van der Waals surface area (Å²) in [6, 6.07) is 0. The van der Waals surface area contributed by atoms with E-state index in [-0.39, 0.29) is 5.60 Å². The SMILES string of the molecule is CCC1CCCC1(CN)OC(C)C. The zero-order chi connectivity index (χ0) is 9.90. The van der Waals surface area contributed by atoms with Crippen LogP contribution >= 0.6 is 0 Å². The third-order valence-corrected chi connectivity index (χ3v) is 3.21. The van der Waals surface area contributed by atoms with Crippen LogP contribution in [0.2, 0.25) is 0 Å². The Morgan fingerprint density at radius 2 is 2.23 bits per heavy atom. The Morgan fingerprint density at radius 1 is 1.54 bits per heavy atom. The van der Waals surface area contributed by atoms with Crippen LogP contribution in [-0.4, -0.2) is 18.2 Å². The van der Waals surface area contributed by atoms with Crippen molar-refractivity contribution in [3.63, 3.8) is 0 Å². The van der Waals surface area contributed by atoms with Crippen LogP contribution in [-0.2, 0) is 4.74 Å². The van der Waals surface area contributed by atoms with Crippen LogP contribution in [0.5, 0.6) is 0 Å². The van der Waals surface area contributed by atoms with Crippen molar-refractivity contribution in [2.45, 2.75) is 58.2 Å². The molecular weight excluding hydrogens is 162 g/mol. The Bertz CT molecular complexity index is 158. The molecule has 0 aromatic carbocycles. The molecule has 1 fully saturated rings. The summed E-state index contributed by atoms with van der Waals surface area (Å²) in [6.07, 6.45) is 5.23. The van der Waals surface area contributed by atoms with E-state index in [4.69, 9.17) is 10.5 Å². The molecule has 78 valence electrons. The minimum atomic E-state index is 0.00289. The molecule has 2 heteroatoms. The molecule has 1 rings (SSSR count). The molecule has 0 saturated heterocycles. The van der Waals surface area contributed by atoms with E-state index in [1.165, 1.54) is 19.3 Å². The smallest absolute Gasteiger partial charge is 0.0835 e. The summed E-state index contributed by atoms with van der Waals surface area (Å²) in [5, 5.41) is 0. The molecule has 0 amide bonds. The predicted molar refractivity (Wildman–Crippen MR) is 55.6 cm³/mol. The number of ether oxygens (including phenoxy) is 1. The molecule has 1 aliphatic rings. The molecule has 0 aliphatic heterocycles. The van der Waals surface area contributed by atoms with Gasteiger partial charge in [0, 0.05) is 6.54 Å². The lowest BCUT2D eigenvalue weighted by Crippen LogP contribution is -2.45. The highest BCUT2D eigenvalue weighted by atomic mass is 16.5. The van der Waals surface area contributed by atoms with Crippen molar-refractivity contribution in [1.82, 2.24) is 0 Å². The molecule has 0 spiro atoms. The van der Waals surface area contributed by atoms with E-state index >= 15 is 0 Å². The van der Waals surface area contributed by atoms with Gasteiger partial charge < -0.3 is 10.5 Å². The van der Waals surface area contributed by atoms with Gasteiger partial charge in [-0.25, -0.2) is 0 Å². The second kappa shape index (κ2) is 4.43. The fourth-order valence-electron chi connectivity index (χ4n) is 2.63. The van der Waals surface area contributed by atoms with Gasteiger partial charge in [0.05, 0.1) is 11.7 Å². The monoisotopic (exact) mass is 185 g/mol. The van der Waals surface area contributed by atoms with Crippen molar-refractivity contribution in [2.24, 2.45) is 11.7 Å². The summed E-state index contributed by atoms with van der Waals surface area (Å²) in [5.41, 5.74) is 5.86. The molecule has 0 aromatic heterocycles. The van der Waals surface area contributed by atoms with E-state index < -0.39 is 0 Å². The highest BCUT2D eigenvalue weighted by molar-refractivity contribution is 4.94. The molecule has 2 atom stereocenters. The highest BCUT2D eigenvalue weighted by Gasteiger charge is 2.42. The fourth-order valence-corrected chi connectivity index (χ4v) is 2.63. The molecular formula is C11H23NO. The van der Waals surface area contributed by atoms with Crippen molar-refractivity contribution in [3.8, 4) is 0 Å². The van der Waals surface area contributed by atoms with Gasteiger partial charge in [0.15, 0.2) is 0 Å². The molecule has 0 bridgehead atoms. The fraction of sp³-hybridized carbons (Fsp3) is 1.00. The zero-order valence-electron chi connectivity index (χ0n) is 9.18. The minimum absolute atomic E-state index is 0.00289. The zero-order valence-corrected chi connectivity index (χ0v) is 9.18. The van der Waals surface area contributed by atoms with Gasteiger partial charge in [-0.1, -0.05) is 19.8 Å². The third kappa shape index (κ3) is 2.23. The summed E-state index contributed by atoms with van der Waals surface area (Å²) in [7, 11) is 0. The highest BCUT2D eigenvalue weighted by Crippen LogP contribution is 2.40. The Hall–Kier alpha value is -0.0800. The second-order valence-corrected chi connectivity index (χ2v) is 4.43. The summed E-state index contributed by atoms with van der Waals surface area (Å²) < 4.78 is 6.03. The first kappa shape index (κ1) is 11.0. The van der Waals surface area contributed by atoms with E-state index in [2.05, 4.69) is 20.8 Å². The van der Waals surface area contributed by atoms with Crippen LogP contribution in [0.25, 0.3) is 0 Å². The predicted octanol–water partition coefficient (Wildman–Crippen LogP) is 2.32. The van der Waals surface area contributed by atoms with Crippen LogP contribution in [0.4, 0.5) is 0 Å². The molecule has 2 unspecified atom stereocenters. The number of hydrogen-bond donors (Lipinski definition) is 1. The van der Waals surface area contributed by atoms with Crippen molar-refractivity contribution >= 4 is 0 Å². The van der Waals surface area contributed by atoms with Crippen LogP contribution < -0.4 is 5.73 Å². The summed E-state index contributed by atoms with van der Waals surface area (Å²) in [4.78, 5) is 0. The standard InChI is InChI=1S/C11H23NO/c1-4-10-6-5-7-11(10,8-12)13-9(2)3/h9-10H,4-8,12H2,1-3H3. The first-order valence-electron chi connectivity index (χ1n) is 5.52. The Labute approximate surface area is 81.8 Å². The lowest BCUT2D eigenvalue weighted by Gasteiger charge is -2.36. The number of hydrogen-bond acceptors (Lipinski definition) is 2. The average molecular weight is 185 g/mol. The van der Waals surface area contributed by atoms with E-state index in [1.54, 1.807) is 0 Å². The van der Waals surface area contributed by atoms with E-state index in [0.29, 0.717) is 18.6 Å². The molecule has 0 radical (unpaired) electrons. The molecule has 0 aromatic rings. The first-order chi connectivity index (χ1) is 6.14. The van der Waals surface area contributed by atoms with Crippen LogP contribution in [0, 0.1) is 5.92 Å². The number of rotatable bonds is 4. The average Bonchev–Trinajstić information content (AvgIpc) is 2.47. The molecule has 1 saturated carbocycles. The van der Waals surface area contributed by atoms with Crippen molar-refractivity contribution in [2.75, 3.05) is 6.54 Å². The minimum Gasteiger partial charge on any atom is -0.371 e. The molecule has 0 heterocycles. The quantitative estimate of drug-likeness (QED) is 0.729. The normalized spacial score (nSPS) is 34.4. The lowest BCUT2D eigenvalue weighted by atomic mass is 9.88. The van der Waals surface area contributed by atoms with Gasteiger partial charge in [-0.3, -0.25) is 0 Å². The van der Waals surface area contributed by atoms with Gasteiger partial charge in [0.1, 0.15) is 0 Å². The van der Waals surface area contributed by atoms with Gasteiger partial charge in [-0.15, -0.1) is 0 Å². The third-order valence-electron chi connectivity index (χ3n) is 3.21. The van der Waals surface area contributed by atoms with Crippen molar-refractivity contribution in [3.05, 3.63) is 0 Å². The van der Waals surface area contributed by atoms with Crippen molar-refractivity contribution in [1.29, 1.82) is 0 Å². The molecule has 2 N–H and O–H groups in total. The molecule has 1 aliphatic carbocycles. The van der Waals surface area contributed by atoms with Crippen LogP contribution in [0.3, 0.4) is 0 Å². The lowest BCUT2D eigenvalue weighted by molar-refractivity contribution is -0.0978. The van der Waals surface area contributed by atoms with Crippen LogP contribution in [0.15, 0.2) is 0 Å². The Balaban J connectivity index is 2.66. The summed E-state index contributed by atoms with van der Waals surface area (Å²) in [5.74, 6) is 0.680. The van der Waals surface area contributed by atoms with Gasteiger partial charge in [-0.05, 0) is 32.6 Å².